The van der Waals surface area contributed by atoms with E-state index in [0.29, 0.717) is 23.1 Å². The topological polar surface area (TPSA) is 129 Å². The molecule has 2 aliphatic rings. The molecule has 2 aliphatic heterocycles. The van der Waals surface area contributed by atoms with Gasteiger partial charge in [-0.05, 0) is 55.2 Å². The van der Waals surface area contributed by atoms with Gasteiger partial charge in [-0.2, -0.15) is 0 Å². The van der Waals surface area contributed by atoms with Crippen molar-refractivity contribution < 1.29 is 9.53 Å². The maximum Gasteiger partial charge on any atom is 0.271 e. The van der Waals surface area contributed by atoms with E-state index in [0.717, 1.165) is 74.7 Å². The number of benzene rings is 1. The van der Waals surface area contributed by atoms with Crippen LogP contribution in [0.5, 0.6) is 0 Å². The first-order valence-corrected chi connectivity index (χ1v) is 12.3. The Labute approximate surface area is 209 Å². The van der Waals surface area contributed by atoms with Crippen LogP contribution >= 0.6 is 0 Å². The van der Waals surface area contributed by atoms with Crippen LogP contribution in [0.4, 0.5) is 17.3 Å². The van der Waals surface area contributed by atoms with Crippen molar-refractivity contribution in [2.45, 2.75) is 25.8 Å². The number of nitrogens with one attached hydrogen (secondary N) is 2. The summed E-state index contributed by atoms with van der Waals surface area (Å²) in [6.45, 7) is 7.39. The van der Waals surface area contributed by atoms with Gasteiger partial charge in [-0.25, -0.2) is 0 Å². The van der Waals surface area contributed by atoms with Gasteiger partial charge in [-0.1, -0.05) is 12.1 Å². The van der Waals surface area contributed by atoms with Crippen LogP contribution in [0.25, 0.3) is 11.1 Å². The maximum atomic E-state index is 12.5. The normalized spacial score (nSPS) is 17.2. The SMILES string of the molecule is Cc1c(C(N)=O)cccc1-c1c[nH]c(=O)c(Nc2ccc(N3CCC(N4CCOCC4)CC3)nn2)c1. The van der Waals surface area contributed by atoms with E-state index in [4.69, 9.17) is 10.5 Å². The number of pyridine rings is 1. The summed E-state index contributed by atoms with van der Waals surface area (Å²) in [4.78, 5) is 31.8. The summed E-state index contributed by atoms with van der Waals surface area (Å²) in [6, 6.07) is 11.5. The van der Waals surface area contributed by atoms with Gasteiger partial charge >= 0.3 is 0 Å². The molecule has 10 nitrogen and oxygen atoms in total. The molecule has 3 aromatic rings. The van der Waals surface area contributed by atoms with Crippen LogP contribution in [0.1, 0.15) is 28.8 Å². The third-order valence-electron chi connectivity index (χ3n) is 7.08. The Balaban J connectivity index is 1.27. The number of aromatic nitrogens is 3. The molecule has 36 heavy (non-hydrogen) atoms. The van der Waals surface area contributed by atoms with Crippen molar-refractivity contribution in [3.63, 3.8) is 0 Å². The number of carbonyl (C=O) groups is 1. The average molecular weight is 490 g/mol. The Bertz CT molecular complexity index is 1280. The van der Waals surface area contributed by atoms with E-state index >= 15 is 0 Å². The molecule has 1 aromatic carbocycles. The zero-order valence-electron chi connectivity index (χ0n) is 20.4. The van der Waals surface area contributed by atoms with Crippen LogP contribution in [-0.2, 0) is 4.74 Å². The molecule has 2 fully saturated rings. The summed E-state index contributed by atoms with van der Waals surface area (Å²) in [5.74, 6) is 0.826. The van der Waals surface area contributed by atoms with Crippen molar-refractivity contribution in [2.75, 3.05) is 49.6 Å². The number of ether oxygens (including phenoxy) is 1. The highest BCUT2D eigenvalue weighted by atomic mass is 16.5. The fraction of sp³-hybridized carbons (Fsp3) is 0.385. The third kappa shape index (κ3) is 5.09. The van der Waals surface area contributed by atoms with Crippen molar-refractivity contribution in [3.05, 3.63) is 64.1 Å². The Morgan fingerprint density at radius 2 is 1.89 bits per heavy atom. The van der Waals surface area contributed by atoms with Gasteiger partial charge in [0.2, 0.25) is 5.91 Å². The Kier molecular flexibility index (Phi) is 6.97. The molecule has 0 spiro atoms. The molecule has 1 amide bonds. The van der Waals surface area contributed by atoms with E-state index in [1.165, 1.54) is 0 Å². The second kappa shape index (κ2) is 10.5. The highest BCUT2D eigenvalue weighted by Crippen LogP contribution is 2.27. The zero-order valence-corrected chi connectivity index (χ0v) is 20.4. The largest absolute Gasteiger partial charge is 0.379 e. The molecule has 188 valence electrons. The van der Waals surface area contributed by atoms with Gasteiger partial charge in [0.25, 0.3) is 5.56 Å². The van der Waals surface area contributed by atoms with Gasteiger partial charge in [-0.15, -0.1) is 10.2 Å². The molecule has 0 radical (unpaired) electrons. The third-order valence-corrected chi connectivity index (χ3v) is 7.08. The quantitative estimate of drug-likeness (QED) is 0.481. The van der Waals surface area contributed by atoms with Crippen molar-refractivity contribution in [3.8, 4) is 11.1 Å². The Hall–Kier alpha value is -3.76. The van der Waals surface area contributed by atoms with Gasteiger partial charge in [0.05, 0.1) is 13.2 Å². The lowest BCUT2D eigenvalue weighted by atomic mass is 9.97. The van der Waals surface area contributed by atoms with Crippen molar-refractivity contribution in [2.24, 2.45) is 5.73 Å². The average Bonchev–Trinajstić information content (AvgIpc) is 2.91. The second-order valence-corrected chi connectivity index (χ2v) is 9.24. The number of rotatable bonds is 6. The summed E-state index contributed by atoms with van der Waals surface area (Å²) >= 11 is 0. The Morgan fingerprint density at radius 1 is 1.11 bits per heavy atom. The van der Waals surface area contributed by atoms with Crippen LogP contribution < -0.4 is 21.5 Å². The number of nitrogens with zero attached hydrogens (tertiary/aromatic N) is 4. The number of piperidine rings is 1. The summed E-state index contributed by atoms with van der Waals surface area (Å²) in [5.41, 5.74) is 8.32. The molecule has 0 bridgehead atoms. The second-order valence-electron chi connectivity index (χ2n) is 9.24. The number of amides is 1. The number of aromatic amines is 1. The highest BCUT2D eigenvalue weighted by molar-refractivity contribution is 5.96. The molecular weight excluding hydrogens is 458 g/mol. The van der Waals surface area contributed by atoms with Crippen molar-refractivity contribution in [1.29, 1.82) is 0 Å². The van der Waals surface area contributed by atoms with Crippen LogP contribution in [0.3, 0.4) is 0 Å². The number of morpholine rings is 1. The standard InChI is InChI=1S/C26H31N7O3/c1-17-20(3-2-4-21(17)25(27)34)18-15-22(26(35)28-16-18)29-23-5-6-24(31-30-23)33-9-7-19(8-10-33)32-11-13-36-14-12-32/h2-6,15-16,19H,7-14H2,1H3,(H2,27,34)(H,28,35)(H,29,30). The van der Waals surface area contributed by atoms with Gasteiger partial charge in [0.1, 0.15) is 5.69 Å². The number of hydrogen-bond acceptors (Lipinski definition) is 8. The number of hydrogen-bond donors (Lipinski definition) is 3. The monoisotopic (exact) mass is 489 g/mol. The number of primary amides is 1. The lowest BCUT2D eigenvalue weighted by Crippen LogP contribution is -2.49. The van der Waals surface area contributed by atoms with E-state index in [1.807, 2.05) is 25.1 Å². The minimum atomic E-state index is -0.488. The van der Waals surface area contributed by atoms with E-state index in [1.54, 1.807) is 24.4 Å². The predicted molar refractivity (Wildman–Crippen MR) is 139 cm³/mol. The van der Waals surface area contributed by atoms with Crippen molar-refractivity contribution in [1.82, 2.24) is 20.1 Å². The fourth-order valence-electron chi connectivity index (χ4n) is 5.05. The number of anilines is 3. The fourth-order valence-corrected chi connectivity index (χ4v) is 5.05. The molecule has 4 heterocycles. The van der Waals surface area contributed by atoms with Gasteiger partial charge in [0.15, 0.2) is 11.6 Å². The van der Waals surface area contributed by atoms with Crippen LogP contribution in [0, 0.1) is 6.92 Å². The summed E-state index contributed by atoms with van der Waals surface area (Å²) in [7, 11) is 0. The lowest BCUT2D eigenvalue weighted by molar-refractivity contribution is 0.0114. The number of H-pyrrole nitrogens is 1. The molecule has 5 rings (SSSR count). The minimum absolute atomic E-state index is 0.279. The Morgan fingerprint density at radius 3 is 2.58 bits per heavy atom. The van der Waals surface area contributed by atoms with E-state index < -0.39 is 5.91 Å². The van der Waals surface area contributed by atoms with E-state index in [2.05, 4.69) is 30.3 Å². The molecule has 2 aromatic heterocycles. The van der Waals surface area contributed by atoms with Gasteiger partial charge in [0, 0.05) is 49.5 Å². The maximum absolute atomic E-state index is 12.5. The van der Waals surface area contributed by atoms with E-state index in [-0.39, 0.29) is 5.56 Å². The first kappa shape index (κ1) is 24.0. The zero-order chi connectivity index (χ0) is 25.1. The van der Waals surface area contributed by atoms with E-state index in [9.17, 15) is 9.59 Å². The summed E-state index contributed by atoms with van der Waals surface area (Å²) in [5, 5.41) is 11.8. The van der Waals surface area contributed by atoms with Crippen LogP contribution in [0.2, 0.25) is 0 Å². The lowest BCUT2D eigenvalue weighted by Gasteiger charge is -2.40. The molecule has 0 saturated carbocycles. The van der Waals surface area contributed by atoms with Crippen LogP contribution in [0.15, 0.2) is 47.4 Å². The predicted octanol–water partition coefficient (Wildman–Crippen LogP) is 2.28. The van der Waals surface area contributed by atoms with Gasteiger partial charge < -0.3 is 25.7 Å². The molecule has 0 unspecified atom stereocenters. The highest BCUT2D eigenvalue weighted by Gasteiger charge is 2.26. The molecule has 10 heteroatoms. The smallest absolute Gasteiger partial charge is 0.271 e. The molecule has 4 N–H and O–H groups in total. The number of carbonyl (C=O) groups excluding carboxylic acids is 1. The summed E-state index contributed by atoms with van der Waals surface area (Å²) in [6.07, 6.45) is 3.82. The minimum Gasteiger partial charge on any atom is -0.379 e. The molecule has 0 aliphatic carbocycles. The van der Waals surface area contributed by atoms with Crippen molar-refractivity contribution >= 4 is 23.2 Å². The molecular formula is C26H31N7O3. The first-order chi connectivity index (χ1) is 17.5. The summed E-state index contributed by atoms with van der Waals surface area (Å²) < 4.78 is 5.47. The molecule has 2 saturated heterocycles. The van der Waals surface area contributed by atoms with Gasteiger partial charge in [-0.3, -0.25) is 14.5 Å². The van der Waals surface area contributed by atoms with Crippen LogP contribution in [-0.4, -0.2) is 71.4 Å². The number of nitrogens with two attached hydrogens (primary N) is 1. The molecule has 0 atom stereocenters. The first-order valence-electron chi connectivity index (χ1n) is 12.3.